The van der Waals surface area contributed by atoms with Crippen molar-refractivity contribution in [1.82, 2.24) is 9.55 Å². The molecule has 1 heterocycles. The van der Waals surface area contributed by atoms with E-state index in [9.17, 15) is 4.39 Å². The van der Waals surface area contributed by atoms with Gasteiger partial charge in [-0.15, -0.1) is 12.6 Å². The lowest BCUT2D eigenvalue weighted by molar-refractivity contribution is 0.628. The lowest BCUT2D eigenvalue weighted by Gasteiger charge is -2.02. The average Bonchev–Trinajstić information content (AvgIpc) is 2.67. The zero-order valence-corrected chi connectivity index (χ0v) is 10.7. The van der Waals surface area contributed by atoms with E-state index in [1.807, 2.05) is 29.8 Å². The second-order valence-corrected chi connectivity index (χ2v) is 4.69. The van der Waals surface area contributed by atoms with Gasteiger partial charge in [0, 0.05) is 17.5 Å². The van der Waals surface area contributed by atoms with Gasteiger partial charge < -0.3 is 4.57 Å². The lowest BCUT2D eigenvalue weighted by atomic mass is 10.2. The SMILES string of the molecule is Cn1c(-c2ccc(F)cc2)nc2cc(S)ccc21. The van der Waals surface area contributed by atoms with Crippen molar-refractivity contribution in [2.75, 3.05) is 0 Å². The van der Waals surface area contributed by atoms with E-state index in [0.29, 0.717) is 0 Å². The van der Waals surface area contributed by atoms with Gasteiger partial charge in [-0.3, -0.25) is 0 Å². The highest BCUT2D eigenvalue weighted by molar-refractivity contribution is 7.80. The maximum absolute atomic E-state index is 12.9. The summed E-state index contributed by atoms with van der Waals surface area (Å²) in [4.78, 5) is 5.45. The topological polar surface area (TPSA) is 17.8 Å². The molecule has 0 amide bonds. The zero-order chi connectivity index (χ0) is 12.7. The molecular weight excluding hydrogens is 247 g/mol. The first-order valence-electron chi connectivity index (χ1n) is 5.56. The Morgan fingerprint density at radius 2 is 1.83 bits per heavy atom. The molecule has 0 radical (unpaired) electrons. The van der Waals surface area contributed by atoms with Crippen LogP contribution in [-0.2, 0) is 7.05 Å². The van der Waals surface area contributed by atoms with Gasteiger partial charge >= 0.3 is 0 Å². The van der Waals surface area contributed by atoms with Crippen molar-refractivity contribution in [2.24, 2.45) is 7.05 Å². The molecule has 0 aliphatic heterocycles. The van der Waals surface area contributed by atoms with E-state index in [-0.39, 0.29) is 5.82 Å². The number of rotatable bonds is 1. The molecule has 2 nitrogen and oxygen atoms in total. The van der Waals surface area contributed by atoms with E-state index in [1.54, 1.807) is 12.1 Å². The molecule has 0 N–H and O–H groups in total. The Balaban J connectivity index is 2.23. The van der Waals surface area contributed by atoms with Gasteiger partial charge in [0.15, 0.2) is 0 Å². The Labute approximate surface area is 109 Å². The summed E-state index contributed by atoms with van der Waals surface area (Å²) >= 11 is 4.31. The number of nitrogens with zero attached hydrogens (tertiary/aromatic N) is 2. The quantitative estimate of drug-likeness (QED) is 0.659. The van der Waals surface area contributed by atoms with Crippen molar-refractivity contribution in [3.8, 4) is 11.4 Å². The number of benzene rings is 2. The first-order chi connectivity index (χ1) is 8.65. The highest BCUT2D eigenvalue weighted by Crippen LogP contribution is 2.25. The molecule has 18 heavy (non-hydrogen) atoms. The molecule has 3 aromatic rings. The average molecular weight is 258 g/mol. The third kappa shape index (κ3) is 1.78. The van der Waals surface area contributed by atoms with Crippen molar-refractivity contribution in [3.05, 3.63) is 48.3 Å². The molecule has 0 aliphatic carbocycles. The summed E-state index contributed by atoms with van der Waals surface area (Å²) in [6, 6.07) is 12.2. The molecule has 90 valence electrons. The maximum Gasteiger partial charge on any atom is 0.140 e. The molecule has 0 bridgehead atoms. The molecule has 4 heteroatoms. The molecule has 0 saturated carbocycles. The van der Waals surface area contributed by atoms with Crippen LogP contribution in [-0.4, -0.2) is 9.55 Å². The van der Waals surface area contributed by atoms with E-state index in [1.165, 1.54) is 12.1 Å². The molecule has 3 rings (SSSR count). The Hall–Kier alpha value is -1.81. The molecule has 0 spiro atoms. The normalized spacial score (nSPS) is 11.1. The second kappa shape index (κ2) is 4.14. The molecule has 0 atom stereocenters. The molecule has 2 aromatic carbocycles. The van der Waals surface area contributed by atoms with Crippen molar-refractivity contribution in [2.45, 2.75) is 4.90 Å². The van der Waals surface area contributed by atoms with E-state index in [4.69, 9.17) is 0 Å². The summed E-state index contributed by atoms with van der Waals surface area (Å²) in [5.41, 5.74) is 2.83. The summed E-state index contributed by atoms with van der Waals surface area (Å²) in [5.74, 6) is 0.582. The fraction of sp³-hybridized carbons (Fsp3) is 0.0714. The fourth-order valence-electron chi connectivity index (χ4n) is 2.05. The molecule has 0 aliphatic rings. The van der Waals surface area contributed by atoms with Crippen LogP contribution >= 0.6 is 12.6 Å². The van der Waals surface area contributed by atoms with Gasteiger partial charge in [0.1, 0.15) is 11.6 Å². The van der Waals surface area contributed by atoms with E-state index < -0.39 is 0 Å². The third-order valence-electron chi connectivity index (χ3n) is 2.97. The minimum atomic E-state index is -0.241. The van der Waals surface area contributed by atoms with Crippen LogP contribution in [0.1, 0.15) is 0 Å². The minimum absolute atomic E-state index is 0.241. The predicted molar refractivity (Wildman–Crippen MR) is 73.4 cm³/mol. The van der Waals surface area contributed by atoms with Gasteiger partial charge in [0.25, 0.3) is 0 Å². The van der Waals surface area contributed by atoms with Crippen LogP contribution < -0.4 is 0 Å². The minimum Gasteiger partial charge on any atom is -0.327 e. The Morgan fingerprint density at radius 3 is 2.56 bits per heavy atom. The maximum atomic E-state index is 12.9. The lowest BCUT2D eigenvalue weighted by Crippen LogP contribution is -1.92. The van der Waals surface area contributed by atoms with Crippen molar-refractivity contribution >= 4 is 23.7 Å². The first-order valence-corrected chi connectivity index (χ1v) is 6.01. The van der Waals surface area contributed by atoms with Crippen LogP contribution in [0.4, 0.5) is 4.39 Å². The summed E-state index contributed by atoms with van der Waals surface area (Å²) in [5, 5.41) is 0. The van der Waals surface area contributed by atoms with Crippen molar-refractivity contribution in [3.63, 3.8) is 0 Å². The molecule has 0 unspecified atom stereocenters. The third-order valence-corrected chi connectivity index (χ3v) is 3.25. The van der Waals surface area contributed by atoms with Gasteiger partial charge in [-0.2, -0.15) is 0 Å². The number of aromatic nitrogens is 2. The van der Waals surface area contributed by atoms with Gasteiger partial charge in [-0.05, 0) is 42.5 Å². The van der Waals surface area contributed by atoms with Gasteiger partial charge in [0.2, 0.25) is 0 Å². The fourth-order valence-corrected chi connectivity index (χ4v) is 2.24. The highest BCUT2D eigenvalue weighted by Gasteiger charge is 2.09. The van der Waals surface area contributed by atoms with E-state index in [2.05, 4.69) is 17.6 Å². The zero-order valence-electron chi connectivity index (χ0n) is 9.76. The Kier molecular flexibility index (Phi) is 2.59. The highest BCUT2D eigenvalue weighted by atomic mass is 32.1. The van der Waals surface area contributed by atoms with E-state index >= 15 is 0 Å². The molecule has 0 fully saturated rings. The number of fused-ring (bicyclic) bond motifs is 1. The predicted octanol–water partition coefficient (Wildman–Crippen LogP) is 3.67. The number of hydrogen-bond donors (Lipinski definition) is 1. The van der Waals surface area contributed by atoms with Crippen LogP contribution in [0.3, 0.4) is 0 Å². The largest absolute Gasteiger partial charge is 0.327 e. The molecule has 0 saturated heterocycles. The van der Waals surface area contributed by atoms with Crippen molar-refractivity contribution in [1.29, 1.82) is 0 Å². The number of hydrogen-bond acceptors (Lipinski definition) is 2. The van der Waals surface area contributed by atoms with Gasteiger partial charge in [-0.25, -0.2) is 9.37 Å². The van der Waals surface area contributed by atoms with Gasteiger partial charge in [-0.1, -0.05) is 0 Å². The van der Waals surface area contributed by atoms with Crippen LogP contribution in [0.25, 0.3) is 22.4 Å². The van der Waals surface area contributed by atoms with Crippen LogP contribution in [0.5, 0.6) is 0 Å². The van der Waals surface area contributed by atoms with Crippen molar-refractivity contribution < 1.29 is 4.39 Å². The molecule has 1 aromatic heterocycles. The Bertz CT molecular complexity index is 716. The summed E-state index contributed by atoms with van der Waals surface area (Å²) in [7, 11) is 1.95. The van der Waals surface area contributed by atoms with Gasteiger partial charge in [0.05, 0.1) is 11.0 Å². The monoisotopic (exact) mass is 258 g/mol. The van der Waals surface area contributed by atoms with Crippen LogP contribution in [0.2, 0.25) is 0 Å². The second-order valence-electron chi connectivity index (χ2n) is 4.17. The number of imidazole rings is 1. The summed E-state index contributed by atoms with van der Waals surface area (Å²) in [6.07, 6.45) is 0. The molecular formula is C14H11FN2S. The smallest absolute Gasteiger partial charge is 0.140 e. The van der Waals surface area contributed by atoms with Crippen LogP contribution in [0, 0.1) is 5.82 Å². The Morgan fingerprint density at radius 1 is 1.11 bits per heavy atom. The number of aryl methyl sites for hydroxylation is 1. The summed E-state index contributed by atoms with van der Waals surface area (Å²) < 4.78 is 14.9. The standard InChI is InChI=1S/C14H11FN2S/c1-17-13-7-6-11(18)8-12(13)16-14(17)9-2-4-10(15)5-3-9/h2-8,18H,1H3. The first kappa shape index (κ1) is 11.3. The number of halogens is 1. The van der Waals surface area contributed by atoms with Crippen LogP contribution in [0.15, 0.2) is 47.4 Å². The number of thiol groups is 1. The van der Waals surface area contributed by atoms with E-state index in [0.717, 1.165) is 27.3 Å². The summed E-state index contributed by atoms with van der Waals surface area (Å²) in [6.45, 7) is 0.